The van der Waals surface area contributed by atoms with Crippen LogP contribution in [0.15, 0.2) is 32.6 Å². The van der Waals surface area contributed by atoms with Crippen molar-refractivity contribution in [2.75, 3.05) is 32.7 Å². The van der Waals surface area contributed by atoms with Gasteiger partial charge in [0.2, 0.25) is 11.7 Å². The fourth-order valence-electron chi connectivity index (χ4n) is 3.20. The zero-order valence-electron chi connectivity index (χ0n) is 14.9. The number of nitrogens with zero attached hydrogens (tertiary/aromatic N) is 5. The highest BCUT2D eigenvalue weighted by Gasteiger charge is 2.18. The quantitative estimate of drug-likeness (QED) is 0.630. The lowest BCUT2D eigenvalue weighted by molar-refractivity contribution is 0.117. The molecule has 1 saturated heterocycles. The molecule has 0 unspecified atom stereocenters. The normalized spacial score (nSPS) is 16.3. The van der Waals surface area contributed by atoms with Gasteiger partial charge in [0.25, 0.3) is 0 Å². The predicted molar refractivity (Wildman–Crippen MR) is 98.9 cm³/mol. The molecule has 0 amide bonds. The molecule has 1 aliphatic rings. The maximum Gasteiger partial charge on any atom is 0.227 e. The number of hydrogen-bond acceptors (Lipinski definition) is 8. The Balaban J connectivity index is 1.17. The van der Waals surface area contributed by atoms with Gasteiger partial charge >= 0.3 is 0 Å². The summed E-state index contributed by atoms with van der Waals surface area (Å²) in [6, 6.07) is 6.03. The van der Waals surface area contributed by atoms with Crippen LogP contribution >= 0.6 is 11.3 Å². The summed E-state index contributed by atoms with van der Waals surface area (Å²) in [6.07, 6.45) is 1.86. The van der Waals surface area contributed by atoms with Crippen LogP contribution in [0, 0.1) is 6.92 Å². The summed E-state index contributed by atoms with van der Waals surface area (Å²) in [5.41, 5.74) is 0.946. The molecule has 0 bridgehead atoms. The lowest BCUT2D eigenvalue weighted by Gasteiger charge is -2.34. The lowest BCUT2D eigenvalue weighted by atomic mass is 10.2. The average Bonchev–Trinajstić information content (AvgIpc) is 3.38. The number of rotatable bonds is 7. The van der Waals surface area contributed by atoms with Crippen LogP contribution in [0.4, 0.5) is 0 Å². The molecule has 1 aliphatic heterocycles. The summed E-state index contributed by atoms with van der Waals surface area (Å²) in [4.78, 5) is 10.5. The Morgan fingerprint density at radius 3 is 2.69 bits per heavy atom. The summed E-state index contributed by atoms with van der Waals surface area (Å²) >= 11 is 1.63. The van der Waals surface area contributed by atoms with Gasteiger partial charge in [-0.15, -0.1) is 11.3 Å². The molecule has 4 rings (SSSR count). The van der Waals surface area contributed by atoms with Crippen LogP contribution in [0.5, 0.6) is 0 Å². The number of thiophene rings is 1. The second-order valence-electron chi connectivity index (χ2n) is 6.64. The van der Waals surface area contributed by atoms with E-state index in [0.29, 0.717) is 5.82 Å². The first-order valence-electron chi connectivity index (χ1n) is 8.99. The maximum absolute atomic E-state index is 5.37. The zero-order valence-corrected chi connectivity index (χ0v) is 15.7. The first-order chi connectivity index (χ1) is 12.8. The van der Waals surface area contributed by atoms with Crippen LogP contribution in [0.25, 0.3) is 10.7 Å². The summed E-state index contributed by atoms with van der Waals surface area (Å²) in [6.45, 7) is 8.15. The Labute approximate surface area is 156 Å². The van der Waals surface area contributed by atoms with Crippen molar-refractivity contribution in [3.63, 3.8) is 0 Å². The lowest BCUT2D eigenvalue weighted by Crippen LogP contribution is -2.46. The van der Waals surface area contributed by atoms with Crippen LogP contribution in [0.2, 0.25) is 0 Å². The van der Waals surface area contributed by atoms with Crippen molar-refractivity contribution in [1.29, 1.82) is 0 Å². The monoisotopic (exact) mass is 373 g/mol. The molecular weight excluding hydrogens is 350 g/mol. The molecule has 3 aromatic heterocycles. The first-order valence-corrected chi connectivity index (χ1v) is 9.87. The molecule has 1 fully saturated rings. The van der Waals surface area contributed by atoms with Gasteiger partial charge < -0.3 is 13.9 Å². The van der Waals surface area contributed by atoms with Gasteiger partial charge in [0.1, 0.15) is 0 Å². The summed E-state index contributed by atoms with van der Waals surface area (Å²) in [5.74, 6) is 2.38. The average molecular weight is 373 g/mol. The zero-order chi connectivity index (χ0) is 17.8. The fourth-order valence-corrected chi connectivity index (χ4v) is 3.85. The summed E-state index contributed by atoms with van der Waals surface area (Å²) < 4.78 is 10.7. The highest BCUT2D eigenvalue weighted by Crippen LogP contribution is 2.21. The fraction of sp³-hybridized carbons (Fsp3) is 0.500. The Kier molecular flexibility index (Phi) is 5.42. The van der Waals surface area contributed by atoms with Crippen LogP contribution < -0.4 is 0 Å². The Hall–Kier alpha value is -2.03. The third-order valence-electron chi connectivity index (χ3n) is 4.60. The van der Waals surface area contributed by atoms with E-state index in [1.165, 1.54) is 0 Å². The van der Waals surface area contributed by atoms with E-state index in [0.717, 1.165) is 74.3 Å². The van der Waals surface area contributed by atoms with E-state index in [4.69, 9.17) is 9.05 Å². The molecule has 138 valence electrons. The molecular formula is C18H23N5O2S. The molecule has 26 heavy (non-hydrogen) atoms. The van der Waals surface area contributed by atoms with E-state index in [9.17, 15) is 0 Å². The standard InChI is InChI=1S/C18H23N5O2S/c1-14-12-15(24-20-14)13-23-9-7-22(8-10-23)6-2-5-17-19-18(21-25-17)16-4-3-11-26-16/h3-4,11-12H,2,5-10,13H2,1H3. The Bertz CT molecular complexity index is 805. The molecule has 0 saturated carbocycles. The van der Waals surface area contributed by atoms with Gasteiger partial charge in [-0.2, -0.15) is 4.98 Å². The van der Waals surface area contributed by atoms with E-state index in [1.54, 1.807) is 11.3 Å². The number of aryl methyl sites for hydroxylation is 2. The number of piperazine rings is 1. The van der Waals surface area contributed by atoms with Gasteiger partial charge in [0.15, 0.2) is 5.76 Å². The van der Waals surface area contributed by atoms with Crippen molar-refractivity contribution in [1.82, 2.24) is 25.1 Å². The van der Waals surface area contributed by atoms with Crippen LogP contribution in [0.3, 0.4) is 0 Å². The molecule has 0 atom stereocenters. The van der Waals surface area contributed by atoms with E-state index in [2.05, 4.69) is 25.1 Å². The van der Waals surface area contributed by atoms with Crippen LogP contribution in [-0.2, 0) is 13.0 Å². The highest BCUT2D eigenvalue weighted by molar-refractivity contribution is 7.13. The summed E-state index contributed by atoms with van der Waals surface area (Å²) in [5, 5.41) is 10.0. The van der Waals surface area contributed by atoms with Crippen molar-refractivity contribution >= 4 is 11.3 Å². The minimum absolute atomic E-state index is 0.700. The topological polar surface area (TPSA) is 71.4 Å². The minimum atomic E-state index is 0.700. The van der Waals surface area contributed by atoms with Crippen molar-refractivity contribution < 1.29 is 9.05 Å². The highest BCUT2D eigenvalue weighted by atomic mass is 32.1. The molecule has 4 heterocycles. The predicted octanol–water partition coefficient (Wildman–Crippen LogP) is 2.84. The van der Waals surface area contributed by atoms with Gasteiger partial charge in [0.05, 0.1) is 17.1 Å². The van der Waals surface area contributed by atoms with Gasteiger partial charge in [0, 0.05) is 38.7 Å². The molecule has 0 aromatic carbocycles. The second-order valence-corrected chi connectivity index (χ2v) is 7.59. The van der Waals surface area contributed by atoms with Crippen molar-refractivity contribution in [2.24, 2.45) is 0 Å². The third kappa shape index (κ3) is 4.38. The Morgan fingerprint density at radius 2 is 1.96 bits per heavy atom. The van der Waals surface area contributed by atoms with E-state index < -0.39 is 0 Å². The molecule has 8 heteroatoms. The molecule has 3 aromatic rings. The van der Waals surface area contributed by atoms with Gasteiger partial charge in [-0.3, -0.25) is 4.90 Å². The molecule has 0 aliphatic carbocycles. The van der Waals surface area contributed by atoms with E-state index >= 15 is 0 Å². The second kappa shape index (κ2) is 8.11. The molecule has 7 nitrogen and oxygen atoms in total. The van der Waals surface area contributed by atoms with Crippen molar-refractivity contribution in [2.45, 2.75) is 26.3 Å². The largest absolute Gasteiger partial charge is 0.360 e. The Morgan fingerprint density at radius 1 is 1.12 bits per heavy atom. The smallest absolute Gasteiger partial charge is 0.227 e. The van der Waals surface area contributed by atoms with Crippen molar-refractivity contribution in [3.8, 4) is 10.7 Å². The minimum Gasteiger partial charge on any atom is -0.360 e. The number of hydrogen-bond donors (Lipinski definition) is 0. The van der Waals surface area contributed by atoms with Gasteiger partial charge in [-0.05, 0) is 31.3 Å². The third-order valence-corrected chi connectivity index (χ3v) is 5.46. The SMILES string of the molecule is Cc1cc(CN2CCN(CCCc3nc(-c4cccs4)no3)CC2)on1. The van der Waals surface area contributed by atoms with Crippen LogP contribution in [0.1, 0.15) is 23.8 Å². The van der Waals surface area contributed by atoms with Crippen LogP contribution in [-0.4, -0.2) is 57.8 Å². The molecule has 0 radical (unpaired) electrons. The summed E-state index contributed by atoms with van der Waals surface area (Å²) in [7, 11) is 0. The molecule has 0 N–H and O–H groups in total. The molecule has 0 spiro atoms. The van der Waals surface area contributed by atoms with E-state index in [-0.39, 0.29) is 0 Å². The maximum atomic E-state index is 5.37. The van der Waals surface area contributed by atoms with E-state index in [1.807, 2.05) is 30.5 Å². The first kappa shape index (κ1) is 17.4. The van der Waals surface area contributed by atoms with Gasteiger partial charge in [-0.1, -0.05) is 16.4 Å². The van der Waals surface area contributed by atoms with Crippen molar-refractivity contribution in [3.05, 3.63) is 40.9 Å². The van der Waals surface area contributed by atoms with Gasteiger partial charge in [-0.25, -0.2) is 0 Å². The number of aromatic nitrogens is 3.